The molecular weight excluding hydrogens is 568 g/mol. The Morgan fingerprint density at radius 3 is 2.30 bits per heavy atom. The molecule has 0 atom stereocenters. The number of anilines is 1. The molecule has 9 nitrogen and oxygen atoms in total. The minimum atomic E-state index is -5.36. The van der Waals surface area contributed by atoms with Crippen LogP contribution in [0, 0.1) is 0 Å². The molecule has 0 radical (unpaired) electrons. The first-order chi connectivity index (χ1) is 18.7. The average Bonchev–Trinajstić information content (AvgIpc) is 3.31. The smallest absolute Gasteiger partial charge is 0.437 e. The Balaban J connectivity index is 1.65. The number of hydroxylamine groups is 1. The number of nitrogens with zero attached hydrogens (tertiary/aromatic N) is 5. The maximum absolute atomic E-state index is 12.9. The first-order valence-electron chi connectivity index (χ1n) is 11.1. The van der Waals surface area contributed by atoms with Gasteiger partial charge in [-0.05, 0) is 38.4 Å². The van der Waals surface area contributed by atoms with Gasteiger partial charge in [0.2, 0.25) is 11.0 Å². The molecular formula is C24H17F6N5O4S. The van der Waals surface area contributed by atoms with Crippen molar-refractivity contribution in [1.82, 2.24) is 19.9 Å². The molecule has 0 bridgehead atoms. The maximum atomic E-state index is 12.9. The number of aromatic nitrogens is 3. The van der Waals surface area contributed by atoms with E-state index in [1.807, 2.05) is 0 Å². The van der Waals surface area contributed by atoms with E-state index >= 15 is 0 Å². The van der Waals surface area contributed by atoms with E-state index < -0.39 is 36.3 Å². The number of fused-ring (bicyclic) bond motifs is 1. The van der Waals surface area contributed by atoms with Gasteiger partial charge in [0, 0.05) is 11.6 Å². The van der Waals surface area contributed by atoms with Crippen molar-refractivity contribution in [2.45, 2.75) is 12.4 Å². The zero-order valence-corrected chi connectivity index (χ0v) is 21.3. The first kappa shape index (κ1) is 28.7. The molecule has 1 amide bonds. The zero-order valence-electron chi connectivity index (χ0n) is 20.4. The van der Waals surface area contributed by atoms with Crippen LogP contribution >= 0.6 is 11.3 Å². The molecule has 40 heavy (non-hydrogen) atoms. The summed E-state index contributed by atoms with van der Waals surface area (Å²) in [6.45, 7) is -0.391. The van der Waals surface area contributed by atoms with Crippen LogP contribution in [-0.2, 0) is 20.6 Å². The van der Waals surface area contributed by atoms with Crippen molar-refractivity contribution in [1.29, 1.82) is 0 Å². The largest absolute Gasteiger partial charge is 0.493 e. The molecule has 4 rings (SSSR count). The quantitative estimate of drug-likeness (QED) is 0.217. The number of rotatable bonds is 6. The molecule has 2 aromatic heterocycles. The lowest BCUT2D eigenvalue weighted by molar-refractivity contribution is -0.201. The van der Waals surface area contributed by atoms with Gasteiger partial charge in [0.05, 0.1) is 22.5 Å². The third-order valence-corrected chi connectivity index (χ3v) is 5.98. The second kappa shape index (κ2) is 11.1. The molecule has 16 heteroatoms. The fourth-order valence-electron chi connectivity index (χ4n) is 3.24. The van der Waals surface area contributed by atoms with Crippen LogP contribution in [0.4, 0.5) is 31.5 Å². The second-order valence-electron chi connectivity index (χ2n) is 8.32. The Bertz CT molecular complexity index is 1540. The molecule has 0 saturated heterocycles. The van der Waals surface area contributed by atoms with E-state index in [4.69, 9.17) is 4.74 Å². The molecule has 2 aromatic carbocycles. The molecule has 0 unspecified atom stereocenters. The van der Waals surface area contributed by atoms with E-state index in [9.17, 15) is 35.9 Å². The van der Waals surface area contributed by atoms with Gasteiger partial charge in [-0.15, -0.1) is 5.06 Å². The first-order valence-corrected chi connectivity index (χ1v) is 11.9. The van der Waals surface area contributed by atoms with Gasteiger partial charge in [-0.2, -0.15) is 26.3 Å². The molecule has 0 fully saturated rings. The molecule has 0 aliphatic rings. The zero-order chi connectivity index (χ0) is 29.2. The highest BCUT2D eigenvalue weighted by Crippen LogP contribution is 2.37. The normalized spacial score (nSPS) is 12.0. The van der Waals surface area contributed by atoms with Crippen molar-refractivity contribution in [2.24, 2.45) is 0 Å². The summed E-state index contributed by atoms with van der Waals surface area (Å²) in [5.74, 6) is -3.52. The van der Waals surface area contributed by atoms with Crippen LogP contribution in [0.15, 0.2) is 54.9 Å². The SMILES string of the molecule is CN(C)CC(=O)N(OC(=O)C(F)(F)F)c1nc2c(Oc3cc(-c4ccc(C(F)(F)F)cc4)ncn3)cccc2s1. The maximum Gasteiger partial charge on any atom is 0.493 e. The highest BCUT2D eigenvalue weighted by Gasteiger charge is 2.44. The summed E-state index contributed by atoms with van der Waals surface area (Å²) in [5.41, 5.74) is -0.102. The Kier molecular flexibility index (Phi) is 7.93. The van der Waals surface area contributed by atoms with Crippen LogP contribution in [0.1, 0.15) is 5.56 Å². The summed E-state index contributed by atoms with van der Waals surface area (Å²) in [5, 5.41) is -0.180. The number of alkyl halides is 6. The second-order valence-corrected chi connectivity index (χ2v) is 9.33. The Labute approximate surface area is 225 Å². The number of carbonyl (C=O) groups excluding carboxylic acids is 2. The van der Waals surface area contributed by atoms with Gasteiger partial charge < -0.3 is 14.5 Å². The van der Waals surface area contributed by atoms with E-state index in [1.165, 1.54) is 43.3 Å². The van der Waals surface area contributed by atoms with Crippen LogP contribution in [-0.4, -0.2) is 58.5 Å². The van der Waals surface area contributed by atoms with E-state index in [1.54, 1.807) is 12.1 Å². The van der Waals surface area contributed by atoms with Gasteiger partial charge in [0.25, 0.3) is 5.91 Å². The third kappa shape index (κ3) is 6.63. The third-order valence-electron chi connectivity index (χ3n) is 4.99. The van der Waals surface area contributed by atoms with E-state index in [0.717, 1.165) is 29.8 Å². The predicted octanol–water partition coefficient (Wildman–Crippen LogP) is 5.48. The Morgan fingerprint density at radius 2 is 1.68 bits per heavy atom. The lowest BCUT2D eigenvalue weighted by Crippen LogP contribution is -2.42. The van der Waals surface area contributed by atoms with Gasteiger partial charge >= 0.3 is 18.3 Å². The fourth-order valence-corrected chi connectivity index (χ4v) is 4.19. The van der Waals surface area contributed by atoms with Gasteiger partial charge in [-0.25, -0.2) is 19.7 Å². The molecule has 0 aliphatic heterocycles. The number of ether oxygens (including phenoxy) is 1. The number of halogens is 6. The average molecular weight is 585 g/mol. The number of hydrogen-bond donors (Lipinski definition) is 0. The van der Waals surface area contributed by atoms with Crippen molar-refractivity contribution in [2.75, 3.05) is 25.7 Å². The van der Waals surface area contributed by atoms with Crippen LogP contribution < -0.4 is 9.80 Å². The predicted molar refractivity (Wildman–Crippen MR) is 130 cm³/mol. The topological polar surface area (TPSA) is 97.8 Å². The molecule has 2 heterocycles. The van der Waals surface area contributed by atoms with Crippen LogP contribution in [0.3, 0.4) is 0 Å². The number of benzene rings is 2. The molecule has 0 spiro atoms. The molecule has 4 aromatic rings. The minimum absolute atomic E-state index is 0.0176. The van der Waals surface area contributed by atoms with Gasteiger partial charge in [0.15, 0.2) is 5.75 Å². The van der Waals surface area contributed by atoms with E-state index in [0.29, 0.717) is 10.3 Å². The number of hydrogen-bond acceptors (Lipinski definition) is 9. The van der Waals surface area contributed by atoms with Crippen LogP contribution in [0.5, 0.6) is 11.6 Å². The highest BCUT2D eigenvalue weighted by molar-refractivity contribution is 7.22. The molecule has 0 aliphatic carbocycles. The molecule has 0 saturated carbocycles. The van der Waals surface area contributed by atoms with Gasteiger partial charge in [-0.3, -0.25) is 4.79 Å². The van der Waals surface area contributed by atoms with Crippen LogP contribution in [0.2, 0.25) is 0 Å². The number of amides is 1. The van der Waals surface area contributed by atoms with Crippen molar-refractivity contribution in [3.05, 3.63) is 60.4 Å². The van der Waals surface area contributed by atoms with Crippen molar-refractivity contribution in [3.8, 4) is 22.9 Å². The number of para-hydroxylation sites is 1. The lowest BCUT2D eigenvalue weighted by atomic mass is 10.1. The Morgan fingerprint density at radius 1 is 0.975 bits per heavy atom. The standard InChI is InChI=1S/C24H17F6N5O4S/c1-34(2)11-19(36)35(39-21(37)24(28,29)30)22-33-20-16(4-3-5-17(20)40-22)38-18-10-15(31-12-32-18)13-6-8-14(9-7-13)23(25,26)27/h3-10,12H,11H2,1-2H3. The summed E-state index contributed by atoms with van der Waals surface area (Å²) in [6, 6.07) is 10.2. The monoisotopic (exact) mass is 585 g/mol. The van der Waals surface area contributed by atoms with E-state index in [-0.39, 0.29) is 33.0 Å². The van der Waals surface area contributed by atoms with Crippen molar-refractivity contribution < 1.29 is 45.5 Å². The summed E-state index contributed by atoms with van der Waals surface area (Å²) in [6.07, 6.45) is -8.73. The Hall–Kier alpha value is -4.31. The summed E-state index contributed by atoms with van der Waals surface area (Å²) >= 11 is 0.768. The minimum Gasteiger partial charge on any atom is -0.437 e. The summed E-state index contributed by atoms with van der Waals surface area (Å²) < 4.78 is 83.4. The number of carbonyl (C=O) groups is 2. The van der Waals surface area contributed by atoms with Crippen molar-refractivity contribution in [3.63, 3.8) is 0 Å². The summed E-state index contributed by atoms with van der Waals surface area (Å²) in [4.78, 5) is 42.0. The van der Waals surface area contributed by atoms with Crippen LogP contribution in [0.25, 0.3) is 21.5 Å². The number of thiazole rings is 1. The highest BCUT2D eigenvalue weighted by atomic mass is 32.1. The van der Waals surface area contributed by atoms with E-state index in [2.05, 4.69) is 19.8 Å². The number of likely N-dealkylation sites (N-methyl/N-ethyl adjacent to an activating group) is 1. The lowest BCUT2D eigenvalue weighted by Gasteiger charge is -2.20. The molecule has 210 valence electrons. The summed E-state index contributed by atoms with van der Waals surface area (Å²) in [7, 11) is 2.99. The fraction of sp³-hybridized carbons (Fsp3) is 0.208. The van der Waals surface area contributed by atoms with Gasteiger partial charge in [-0.1, -0.05) is 29.5 Å². The molecule has 0 N–H and O–H groups in total. The van der Waals surface area contributed by atoms with Crippen molar-refractivity contribution >= 4 is 38.6 Å². The van der Waals surface area contributed by atoms with Gasteiger partial charge in [0.1, 0.15) is 11.8 Å².